The molecule has 0 saturated heterocycles. The Labute approximate surface area is 357 Å². The molecule has 0 saturated carbocycles. The van der Waals surface area contributed by atoms with E-state index in [2.05, 4.69) is 256 Å². The second-order valence-electron chi connectivity index (χ2n) is 15.2. The molecule has 8 aromatic rings. The highest BCUT2D eigenvalue weighted by Crippen LogP contribution is 2.44. The molecule has 0 bridgehead atoms. The highest BCUT2D eigenvalue weighted by molar-refractivity contribution is 5.90. The summed E-state index contributed by atoms with van der Waals surface area (Å²) in [7, 11) is 0. The standard InChI is InChI=1S/C58H52N2/c1-5-47-27-17-19-43(3)57(47)59(55-29-15-13-25-51(55)33-31-45-21-9-7-10-22-45)53-39-35-49(36-40-53)50-37-41-54(42-38-50)60(58-44(4)20-18-28-48(58)6-2)56-30-16-14-26-52(56)34-32-46-23-11-8-12-24-46/h7-42H,5-6H2,1-4H3. The molecule has 8 rings (SSSR count). The molecule has 2 nitrogen and oxygen atoms in total. The zero-order valence-electron chi connectivity index (χ0n) is 35.1. The van der Waals surface area contributed by atoms with Crippen LogP contribution in [0.2, 0.25) is 0 Å². The van der Waals surface area contributed by atoms with E-state index in [1.54, 1.807) is 0 Å². The molecule has 0 aliphatic heterocycles. The van der Waals surface area contributed by atoms with E-state index in [0.717, 1.165) is 46.7 Å². The third-order valence-corrected chi connectivity index (χ3v) is 11.3. The van der Waals surface area contributed by atoms with E-state index in [1.807, 2.05) is 0 Å². The molecule has 0 aliphatic carbocycles. The van der Waals surface area contributed by atoms with Gasteiger partial charge in [-0.2, -0.15) is 0 Å². The summed E-state index contributed by atoms with van der Waals surface area (Å²) in [6.45, 7) is 8.94. The van der Waals surface area contributed by atoms with E-state index in [4.69, 9.17) is 0 Å². The van der Waals surface area contributed by atoms with Crippen LogP contribution in [0.4, 0.5) is 34.1 Å². The van der Waals surface area contributed by atoms with Crippen molar-refractivity contribution in [1.29, 1.82) is 0 Å². The van der Waals surface area contributed by atoms with E-state index < -0.39 is 0 Å². The van der Waals surface area contributed by atoms with E-state index in [9.17, 15) is 0 Å². The van der Waals surface area contributed by atoms with Gasteiger partial charge in [-0.1, -0.05) is 196 Å². The third kappa shape index (κ3) is 8.65. The van der Waals surface area contributed by atoms with Gasteiger partial charge >= 0.3 is 0 Å². The molecule has 0 fully saturated rings. The highest BCUT2D eigenvalue weighted by atomic mass is 15.2. The smallest absolute Gasteiger partial charge is 0.0534 e. The molecular weight excluding hydrogens is 725 g/mol. The van der Waals surface area contributed by atoms with E-state index >= 15 is 0 Å². The van der Waals surface area contributed by atoms with Crippen LogP contribution in [0.25, 0.3) is 35.4 Å². The molecule has 0 aliphatic rings. The van der Waals surface area contributed by atoms with E-state index in [0.29, 0.717) is 0 Å². The zero-order valence-corrected chi connectivity index (χ0v) is 35.1. The summed E-state index contributed by atoms with van der Waals surface area (Å²) < 4.78 is 0. The molecular formula is C58H52N2. The summed E-state index contributed by atoms with van der Waals surface area (Å²) in [4.78, 5) is 4.89. The lowest BCUT2D eigenvalue weighted by molar-refractivity contribution is 1.10. The van der Waals surface area contributed by atoms with Gasteiger partial charge in [-0.15, -0.1) is 0 Å². The number of aryl methyl sites for hydroxylation is 4. The lowest BCUT2D eigenvalue weighted by atomic mass is 9.99. The fourth-order valence-electron chi connectivity index (χ4n) is 8.20. The maximum atomic E-state index is 2.45. The molecule has 0 radical (unpaired) electrons. The monoisotopic (exact) mass is 776 g/mol. The minimum Gasteiger partial charge on any atom is -0.309 e. The van der Waals surface area contributed by atoms with Crippen molar-refractivity contribution < 1.29 is 0 Å². The highest BCUT2D eigenvalue weighted by Gasteiger charge is 2.22. The van der Waals surface area contributed by atoms with Crippen molar-refractivity contribution in [2.45, 2.75) is 40.5 Å². The Morgan fingerprint density at radius 1 is 0.350 bits per heavy atom. The van der Waals surface area contributed by atoms with Crippen LogP contribution in [0, 0.1) is 13.8 Å². The summed E-state index contributed by atoms with van der Waals surface area (Å²) in [5, 5.41) is 0. The minimum atomic E-state index is 0.938. The average Bonchev–Trinajstić information content (AvgIpc) is 3.30. The molecule has 0 spiro atoms. The molecule has 0 N–H and O–H groups in total. The predicted molar refractivity (Wildman–Crippen MR) is 260 cm³/mol. The van der Waals surface area contributed by atoms with Gasteiger partial charge in [0.2, 0.25) is 0 Å². The van der Waals surface area contributed by atoms with Gasteiger partial charge in [0.25, 0.3) is 0 Å². The maximum Gasteiger partial charge on any atom is 0.0534 e. The number of para-hydroxylation sites is 4. The molecule has 60 heavy (non-hydrogen) atoms. The van der Waals surface area contributed by atoms with Crippen LogP contribution in [0.5, 0.6) is 0 Å². The van der Waals surface area contributed by atoms with Crippen LogP contribution in [-0.4, -0.2) is 0 Å². The fourth-order valence-corrected chi connectivity index (χ4v) is 8.20. The summed E-state index contributed by atoms with van der Waals surface area (Å²) in [6, 6.07) is 69.9. The van der Waals surface area contributed by atoms with Gasteiger partial charge in [0.1, 0.15) is 0 Å². The number of nitrogens with zero attached hydrogens (tertiary/aromatic N) is 2. The van der Waals surface area contributed by atoms with Gasteiger partial charge in [0, 0.05) is 11.4 Å². The largest absolute Gasteiger partial charge is 0.309 e. The fraction of sp³-hybridized carbons (Fsp3) is 0.103. The maximum absolute atomic E-state index is 2.45. The van der Waals surface area contributed by atoms with Crippen molar-refractivity contribution in [3.8, 4) is 11.1 Å². The summed E-state index contributed by atoms with van der Waals surface area (Å²) >= 11 is 0. The van der Waals surface area contributed by atoms with Gasteiger partial charge < -0.3 is 9.80 Å². The SMILES string of the molecule is CCc1cccc(C)c1N(c1ccc(-c2ccc(N(c3ccccc3C=Cc3ccccc3)c3c(C)cccc3CC)cc2)cc1)c1ccccc1C=Cc1ccccc1. The van der Waals surface area contributed by atoms with E-state index in [-0.39, 0.29) is 0 Å². The first-order chi connectivity index (χ1) is 29.5. The van der Waals surface area contributed by atoms with Crippen LogP contribution < -0.4 is 9.80 Å². The van der Waals surface area contributed by atoms with Crippen molar-refractivity contribution >= 4 is 58.4 Å². The van der Waals surface area contributed by atoms with Crippen LogP contribution in [0.1, 0.15) is 58.4 Å². The number of anilines is 6. The summed E-state index contributed by atoms with van der Waals surface area (Å²) in [5.74, 6) is 0. The van der Waals surface area contributed by atoms with Crippen LogP contribution in [0.3, 0.4) is 0 Å². The van der Waals surface area contributed by atoms with E-state index in [1.165, 1.54) is 55.9 Å². The summed E-state index contributed by atoms with van der Waals surface area (Å²) in [5.41, 5.74) is 19.2. The van der Waals surface area contributed by atoms with Crippen LogP contribution in [-0.2, 0) is 12.8 Å². The van der Waals surface area contributed by atoms with Crippen LogP contribution >= 0.6 is 0 Å². The first-order valence-corrected chi connectivity index (χ1v) is 21.1. The number of hydrogen-bond donors (Lipinski definition) is 0. The molecule has 0 heterocycles. The summed E-state index contributed by atoms with van der Waals surface area (Å²) in [6.07, 6.45) is 10.7. The van der Waals surface area contributed by atoms with Gasteiger partial charge in [0.05, 0.1) is 22.7 Å². The van der Waals surface area contributed by atoms with Gasteiger partial charge in [-0.3, -0.25) is 0 Å². The van der Waals surface area contributed by atoms with Gasteiger partial charge in [-0.25, -0.2) is 0 Å². The second-order valence-corrected chi connectivity index (χ2v) is 15.2. The topological polar surface area (TPSA) is 6.48 Å². The van der Waals surface area contributed by atoms with Crippen molar-refractivity contribution in [3.05, 3.63) is 239 Å². The molecule has 294 valence electrons. The molecule has 0 amide bonds. The van der Waals surface area contributed by atoms with Crippen molar-refractivity contribution in [2.75, 3.05) is 9.80 Å². The number of rotatable bonds is 13. The Morgan fingerprint density at radius 2 is 0.717 bits per heavy atom. The Hall–Kier alpha value is -7.16. The van der Waals surface area contributed by atoms with Crippen molar-refractivity contribution in [1.82, 2.24) is 0 Å². The predicted octanol–water partition coefficient (Wildman–Crippen LogP) is 16.4. The molecule has 0 unspecified atom stereocenters. The zero-order chi connectivity index (χ0) is 41.3. The first-order valence-electron chi connectivity index (χ1n) is 21.1. The minimum absolute atomic E-state index is 0.938. The Morgan fingerprint density at radius 3 is 1.10 bits per heavy atom. The molecule has 0 atom stereocenters. The normalized spacial score (nSPS) is 11.3. The Bertz CT molecular complexity index is 2530. The Kier molecular flexibility index (Phi) is 12.3. The third-order valence-electron chi connectivity index (χ3n) is 11.3. The molecule has 2 heteroatoms. The lowest BCUT2D eigenvalue weighted by Gasteiger charge is -2.31. The van der Waals surface area contributed by atoms with Crippen LogP contribution in [0.15, 0.2) is 194 Å². The van der Waals surface area contributed by atoms with Crippen molar-refractivity contribution in [2.24, 2.45) is 0 Å². The average molecular weight is 777 g/mol. The first kappa shape index (κ1) is 39.7. The van der Waals surface area contributed by atoms with Gasteiger partial charge in [0.15, 0.2) is 0 Å². The quantitative estimate of drug-likeness (QED) is 0.108. The second kappa shape index (κ2) is 18.6. The van der Waals surface area contributed by atoms with Gasteiger partial charge in [-0.05, 0) is 119 Å². The number of benzene rings is 8. The lowest BCUT2D eigenvalue weighted by Crippen LogP contribution is -2.15. The Balaban J connectivity index is 1.17. The van der Waals surface area contributed by atoms with Crippen molar-refractivity contribution in [3.63, 3.8) is 0 Å². The number of hydrogen-bond acceptors (Lipinski definition) is 2. The molecule has 0 aromatic heterocycles. The molecule has 8 aromatic carbocycles.